The number of hydrogen-bond donors (Lipinski definition) is 2. The van der Waals surface area contributed by atoms with E-state index in [1.54, 1.807) is 29.2 Å². The summed E-state index contributed by atoms with van der Waals surface area (Å²) in [6.45, 7) is 3.40. The van der Waals surface area contributed by atoms with Gasteiger partial charge in [-0.2, -0.15) is 13.2 Å². The van der Waals surface area contributed by atoms with Crippen LogP contribution in [0.15, 0.2) is 72.8 Å². The highest BCUT2D eigenvalue weighted by Gasteiger charge is 2.38. The number of halogens is 5. The molecule has 2 aliphatic rings. The normalized spacial score (nSPS) is 15.7. The minimum Gasteiger partial charge on any atom is -0.475 e. The van der Waals surface area contributed by atoms with E-state index in [0.29, 0.717) is 45.7 Å². The molecular formula is C32H33F5N4O4. The first-order chi connectivity index (χ1) is 21.3. The molecule has 3 N–H and O–H groups in total. The molecule has 8 nitrogen and oxygen atoms in total. The van der Waals surface area contributed by atoms with Crippen LogP contribution in [-0.4, -0.2) is 76.0 Å². The molecule has 13 heteroatoms. The van der Waals surface area contributed by atoms with Crippen molar-refractivity contribution in [2.45, 2.75) is 44.2 Å². The lowest BCUT2D eigenvalue weighted by Gasteiger charge is -2.40. The molecule has 3 aromatic carbocycles. The van der Waals surface area contributed by atoms with Gasteiger partial charge in [-0.1, -0.05) is 48.5 Å². The highest BCUT2D eigenvalue weighted by atomic mass is 19.4. The molecule has 0 unspecified atom stereocenters. The number of fused-ring (bicyclic) bond motifs is 1. The molecule has 2 heterocycles. The van der Waals surface area contributed by atoms with Crippen molar-refractivity contribution < 1.29 is 41.4 Å². The van der Waals surface area contributed by atoms with Crippen LogP contribution in [-0.2, 0) is 27.5 Å². The number of aliphatic carboxylic acids is 1. The lowest BCUT2D eigenvalue weighted by atomic mass is 9.96. The van der Waals surface area contributed by atoms with Gasteiger partial charge in [0.25, 0.3) is 0 Å². The van der Waals surface area contributed by atoms with Crippen LogP contribution in [0.3, 0.4) is 0 Å². The van der Waals surface area contributed by atoms with Crippen molar-refractivity contribution in [3.8, 4) is 0 Å². The van der Waals surface area contributed by atoms with Gasteiger partial charge in [-0.05, 0) is 52.9 Å². The molecule has 3 aromatic rings. The van der Waals surface area contributed by atoms with Gasteiger partial charge in [-0.15, -0.1) is 0 Å². The summed E-state index contributed by atoms with van der Waals surface area (Å²) in [7, 11) is 0. The Kier molecular flexibility index (Phi) is 10.9. The van der Waals surface area contributed by atoms with E-state index < -0.39 is 18.2 Å². The fourth-order valence-electron chi connectivity index (χ4n) is 5.42. The molecule has 2 amide bonds. The average Bonchev–Trinajstić information content (AvgIpc) is 3.46. The van der Waals surface area contributed by atoms with E-state index in [0.717, 1.165) is 22.3 Å². The molecule has 0 aliphatic carbocycles. The molecule has 5 rings (SSSR count). The summed E-state index contributed by atoms with van der Waals surface area (Å²) < 4.78 is 58.9. The molecule has 1 atom stereocenters. The Bertz CT molecular complexity index is 1410. The van der Waals surface area contributed by atoms with Gasteiger partial charge in [0.15, 0.2) is 0 Å². The third-order valence-corrected chi connectivity index (χ3v) is 7.78. The molecule has 0 aromatic heterocycles. The predicted octanol–water partition coefficient (Wildman–Crippen LogP) is 4.48. The van der Waals surface area contributed by atoms with Crippen LogP contribution in [0.4, 0.5) is 22.0 Å². The van der Waals surface area contributed by atoms with Crippen LogP contribution in [0.25, 0.3) is 0 Å². The van der Waals surface area contributed by atoms with E-state index >= 15 is 0 Å². The third kappa shape index (κ3) is 8.85. The number of carbonyl (C=O) groups excluding carboxylic acids is 2. The topological polar surface area (TPSA) is 107 Å². The van der Waals surface area contributed by atoms with Crippen LogP contribution >= 0.6 is 0 Å². The van der Waals surface area contributed by atoms with Crippen LogP contribution in [0, 0.1) is 11.6 Å². The van der Waals surface area contributed by atoms with Gasteiger partial charge in [0, 0.05) is 45.7 Å². The van der Waals surface area contributed by atoms with Gasteiger partial charge in [0.2, 0.25) is 11.8 Å². The molecule has 0 radical (unpaired) electrons. The predicted molar refractivity (Wildman–Crippen MR) is 154 cm³/mol. The number of carboxylic acid groups (broad SMARTS) is 1. The first kappa shape index (κ1) is 33.5. The number of nitrogens with zero attached hydrogens (tertiary/aromatic N) is 3. The van der Waals surface area contributed by atoms with Crippen molar-refractivity contribution in [1.29, 1.82) is 0 Å². The summed E-state index contributed by atoms with van der Waals surface area (Å²) in [5, 5.41) is 7.12. The molecule has 0 spiro atoms. The van der Waals surface area contributed by atoms with Crippen molar-refractivity contribution >= 4 is 17.8 Å². The second kappa shape index (κ2) is 14.6. The second-order valence-corrected chi connectivity index (χ2v) is 10.8. The van der Waals surface area contributed by atoms with Crippen molar-refractivity contribution in [2.24, 2.45) is 5.73 Å². The number of alkyl halides is 3. The Hall–Kier alpha value is -4.36. The summed E-state index contributed by atoms with van der Waals surface area (Å²) in [5.74, 6) is -3.52. The van der Waals surface area contributed by atoms with Crippen molar-refractivity contribution in [3.63, 3.8) is 0 Å². The van der Waals surface area contributed by atoms with E-state index in [1.807, 2.05) is 29.2 Å². The number of rotatable bonds is 7. The number of amides is 2. The van der Waals surface area contributed by atoms with Crippen LogP contribution in [0.5, 0.6) is 0 Å². The maximum Gasteiger partial charge on any atom is 0.490 e. The Labute approximate surface area is 256 Å². The van der Waals surface area contributed by atoms with Gasteiger partial charge in [-0.25, -0.2) is 13.6 Å². The van der Waals surface area contributed by atoms with Crippen molar-refractivity contribution in [2.75, 3.05) is 26.2 Å². The Morgan fingerprint density at radius 3 is 1.62 bits per heavy atom. The third-order valence-electron chi connectivity index (χ3n) is 7.78. The molecule has 0 saturated carbocycles. The standard InChI is InChI=1S/C30H32F2N4O2.C2HF3O2/c31-25-9-5-21(6-10-25)29(22-7-11-26(32)12-8-22)35-17-15-34(16-18-35)28(37)14-13-27(33)30(38)36-19-23-3-1-2-4-24(23)20-36;3-2(4,5)1(6)7/h1-12,27,29H,13-20,33H2;(H,6,7)/t27-;/m0./s1. The number of hydrogen-bond acceptors (Lipinski definition) is 5. The number of piperazine rings is 1. The quantitative estimate of drug-likeness (QED) is 0.372. The minimum absolute atomic E-state index is 0.0160. The number of benzene rings is 3. The fourth-order valence-corrected chi connectivity index (χ4v) is 5.42. The maximum atomic E-state index is 13.6. The average molecular weight is 633 g/mol. The zero-order valence-electron chi connectivity index (χ0n) is 24.2. The lowest BCUT2D eigenvalue weighted by Crippen LogP contribution is -2.50. The van der Waals surface area contributed by atoms with Gasteiger partial charge >= 0.3 is 12.1 Å². The van der Waals surface area contributed by atoms with Gasteiger partial charge in [0.1, 0.15) is 11.6 Å². The van der Waals surface area contributed by atoms with Crippen molar-refractivity contribution in [1.82, 2.24) is 14.7 Å². The van der Waals surface area contributed by atoms with E-state index in [4.69, 9.17) is 15.6 Å². The highest BCUT2D eigenvalue weighted by Crippen LogP contribution is 2.30. The van der Waals surface area contributed by atoms with Gasteiger partial charge in [-0.3, -0.25) is 14.5 Å². The number of carboxylic acids is 1. The fraction of sp³-hybridized carbons (Fsp3) is 0.344. The SMILES string of the molecule is N[C@@H](CCC(=O)N1CCN(C(c2ccc(F)cc2)c2ccc(F)cc2)CC1)C(=O)N1Cc2ccccc2C1.O=C(O)C(F)(F)F. The monoisotopic (exact) mass is 632 g/mol. The van der Waals surface area contributed by atoms with Crippen LogP contribution in [0.1, 0.15) is 41.1 Å². The summed E-state index contributed by atoms with van der Waals surface area (Å²) in [6, 6.07) is 19.8. The summed E-state index contributed by atoms with van der Waals surface area (Å²) in [6.07, 6.45) is -4.56. The van der Waals surface area contributed by atoms with Crippen LogP contribution < -0.4 is 5.73 Å². The molecule has 1 saturated heterocycles. The van der Waals surface area contributed by atoms with E-state index in [1.165, 1.54) is 24.3 Å². The van der Waals surface area contributed by atoms with E-state index in [-0.39, 0.29) is 35.9 Å². The summed E-state index contributed by atoms with van der Waals surface area (Å²) in [5.41, 5.74) is 10.3. The highest BCUT2D eigenvalue weighted by molar-refractivity contribution is 5.83. The van der Waals surface area contributed by atoms with E-state index in [2.05, 4.69) is 4.90 Å². The number of carbonyl (C=O) groups is 3. The van der Waals surface area contributed by atoms with Gasteiger partial charge < -0.3 is 20.6 Å². The second-order valence-electron chi connectivity index (χ2n) is 10.8. The zero-order chi connectivity index (χ0) is 32.7. The summed E-state index contributed by atoms with van der Waals surface area (Å²) in [4.78, 5) is 40.5. The molecule has 1 fully saturated rings. The largest absolute Gasteiger partial charge is 0.490 e. The molecule has 0 bridgehead atoms. The molecule has 2 aliphatic heterocycles. The maximum absolute atomic E-state index is 13.6. The Morgan fingerprint density at radius 2 is 1.20 bits per heavy atom. The van der Waals surface area contributed by atoms with E-state index in [9.17, 15) is 31.5 Å². The minimum atomic E-state index is -5.08. The van der Waals surface area contributed by atoms with Crippen LogP contribution in [0.2, 0.25) is 0 Å². The number of nitrogens with two attached hydrogens (primary N) is 1. The molecular weight excluding hydrogens is 599 g/mol. The Balaban J connectivity index is 0.000000591. The zero-order valence-corrected chi connectivity index (χ0v) is 24.2. The van der Waals surface area contributed by atoms with Gasteiger partial charge in [0.05, 0.1) is 12.1 Å². The molecule has 45 heavy (non-hydrogen) atoms. The first-order valence-electron chi connectivity index (χ1n) is 14.3. The van der Waals surface area contributed by atoms with Crippen molar-refractivity contribution in [3.05, 3.63) is 107 Å². The smallest absolute Gasteiger partial charge is 0.475 e. The molecule has 240 valence electrons. The first-order valence-corrected chi connectivity index (χ1v) is 14.3. The lowest BCUT2D eigenvalue weighted by molar-refractivity contribution is -0.192. The summed E-state index contributed by atoms with van der Waals surface area (Å²) >= 11 is 0. The Morgan fingerprint density at radius 1 is 0.756 bits per heavy atom.